The highest BCUT2D eigenvalue weighted by Gasteiger charge is 2.60. The highest BCUT2D eigenvalue weighted by molar-refractivity contribution is 6.01. The summed E-state index contributed by atoms with van der Waals surface area (Å²) in [4.78, 5) is 4.22. The molecule has 0 spiro atoms. The number of methoxy groups -OCH3 is 1. The first-order valence-electron chi connectivity index (χ1n) is 8.42. The minimum atomic E-state index is -4.92. The van der Waals surface area contributed by atoms with E-state index in [2.05, 4.69) is 15.3 Å². The number of oxime groups is 1. The summed E-state index contributed by atoms with van der Waals surface area (Å²) in [6.07, 6.45) is -5.68. The van der Waals surface area contributed by atoms with Crippen LogP contribution in [0.3, 0.4) is 0 Å². The van der Waals surface area contributed by atoms with Crippen molar-refractivity contribution in [3.8, 4) is 11.5 Å². The Kier molecular flexibility index (Phi) is 5.48. The fourth-order valence-electron chi connectivity index (χ4n) is 2.83. The second-order valence-corrected chi connectivity index (χ2v) is 6.36. The molecule has 1 aliphatic rings. The van der Waals surface area contributed by atoms with E-state index < -0.39 is 18.4 Å². The molecule has 1 atom stereocenters. The van der Waals surface area contributed by atoms with Crippen molar-refractivity contribution in [1.82, 2.24) is 5.32 Å². The molecule has 0 saturated carbocycles. The highest BCUT2D eigenvalue weighted by Crippen LogP contribution is 2.38. The van der Waals surface area contributed by atoms with Crippen molar-refractivity contribution in [2.24, 2.45) is 5.16 Å². The number of aliphatic hydroxyl groups is 1. The third kappa shape index (κ3) is 4.05. The van der Waals surface area contributed by atoms with Crippen molar-refractivity contribution in [1.29, 1.82) is 0 Å². The molecule has 2 aromatic carbocycles. The first kappa shape index (κ1) is 20.0. The van der Waals surface area contributed by atoms with Gasteiger partial charge in [-0.15, -0.1) is 0 Å². The lowest BCUT2D eigenvalue weighted by atomic mass is 10.0. The maximum absolute atomic E-state index is 12.8. The molecule has 0 amide bonds. The molecule has 3 N–H and O–H groups in total. The van der Waals surface area contributed by atoms with Gasteiger partial charge in [0.25, 0.3) is 0 Å². The number of para-hydroxylation sites is 1. The minimum Gasteiger partial charge on any atom is -0.504 e. The lowest BCUT2D eigenvalue weighted by molar-refractivity contribution is -0.355. The van der Waals surface area contributed by atoms with Gasteiger partial charge in [-0.05, 0) is 17.2 Å². The smallest absolute Gasteiger partial charge is 0.458 e. The zero-order valence-corrected chi connectivity index (χ0v) is 15.0. The van der Waals surface area contributed by atoms with Gasteiger partial charge in [-0.2, -0.15) is 13.2 Å². The van der Waals surface area contributed by atoms with E-state index in [1.54, 1.807) is 30.3 Å². The Morgan fingerprint density at radius 2 is 1.89 bits per heavy atom. The van der Waals surface area contributed by atoms with Gasteiger partial charge >= 0.3 is 12.0 Å². The lowest BCUT2D eigenvalue weighted by Gasteiger charge is -2.22. The molecule has 0 aliphatic carbocycles. The van der Waals surface area contributed by atoms with Gasteiger partial charge in [0.2, 0.25) is 0 Å². The number of nitrogens with one attached hydrogen (secondary N) is 1. The average molecular weight is 396 g/mol. The van der Waals surface area contributed by atoms with Crippen LogP contribution in [-0.2, 0) is 17.9 Å². The summed E-state index contributed by atoms with van der Waals surface area (Å²) in [5.74, 6) is -2.81. The summed E-state index contributed by atoms with van der Waals surface area (Å²) >= 11 is 0. The van der Waals surface area contributed by atoms with Crippen molar-refractivity contribution in [2.45, 2.75) is 31.5 Å². The predicted molar refractivity (Wildman–Crippen MR) is 94.9 cm³/mol. The quantitative estimate of drug-likeness (QED) is 0.699. The molecule has 6 nitrogen and oxygen atoms in total. The van der Waals surface area contributed by atoms with Crippen molar-refractivity contribution < 1.29 is 33.0 Å². The second-order valence-electron chi connectivity index (χ2n) is 6.36. The predicted octanol–water partition coefficient (Wildman–Crippen LogP) is 3.07. The summed E-state index contributed by atoms with van der Waals surface area (Å²) in [6, 6.07) is 11.8. The Labute approximate surface area is 159 Å². The molecule has 1 aliphatic heterocycles. The number of halogens is 3. The van der Waals surface area contributed by atoms with E-state index in [9.17, 15) is 23.4 Å². The number of hydrogen-bond donors (Lipinski definition) is 3. The Bertz CT molecular complexity index is 868. The van der Waals surface area contributed by atoms with Crippen LogP contribution in [-0.4, -0.2) is 35.0 Å². The van der Waals surface area contributed by atoms with Gasteiger partial charge in [0, 0.05) is 18.7 Å². The van der Waals surface area contributed by atoms with E-state index in [1.807, 2.05) is 6.07 Å². The summed E-state index contributed by atoms with van der Waals surface area (Å²) in [5, 5.41) is 25.9. The van der Waals surface area contributed by atoms with Gasteiger partial charge in [0.15, 0.2) is 11.5 Å². The van der Waals surface area contributed by atoms with Crippen LogP contribution < -0.4 is 10.1 Å². The van der Waals surface area contributed by atoms with Crippen LogP contribution >= 0.6 is 0 Å². The molecule has 1 heterocycles. The van der Waals surface area contributed by atoms with E-state index in [-0.39, 0.29) is 11.5 Å². The van der Waals surface area contributed by atoms with Crippen LogP contribution in [0.5, 0.6) is 11.5 Å². The summed E-state index contributed by atoms with van der Waals surface area (Å²) < 4.78 is 43.5. The fourth-order valence-corrected chi connectivity index (χ4v) is 2.83. The molecular formula is C19H19F3N2O4. The molecular weight excluding hydrogens is 377 g/mol. The van der Waals surface area contributed by atoms with E-state index >= 15 is 0 Å². The SMILES string of the molecule is COc1c(O)cccc1CNCc1ccc(C2=NOC(O)(C(F)(F)F)C2)cc1. The molecule has 1 unspecified atom stereocenters. The largest absolute Gasteiger partial charge is 0.504 e. The van der Waals surface area contributed by atoms with Gasteiger partial charge in [-0.3, -0.25) is 0 Å². The average Bonchev–Trinajstić information content (AvgIpc) is 3.06. The first-order chi connectivity index (χ1) is 13.2. The molecule has 0 radical (unpaired) electrons. The van der Waals surface area contributed by atoms with Crippen LogP contribution in [0.2, 0.25) is 0 Å². The molecule has 150 valence electrons. The number of benzene rings is 2. The monoisotopic (exact) mass is 396 g/mol. The maximum atomic E-state index is 12.8. The number of nitrogens with zero attached hydrogens (tertiary/aromatic N) is 1. The number of rotatable bonds is 6. The Morgan fingerprint density at radius 1 is 1.18 bits per heavy atom. The molecule has 28 heavy (non-hydrogen) atoms. The maximum Gasteiger partial charge on any atom is 0.458 e. The van der Waals surface area contributed by atoms with Crippen LogP contribution in [0.4, 0.5) is 13.2 Å². The number of hydrogen-bond acceptors (Lipinski definition) is 6. The van der Waals surface area contributed by atoms with Gasteiger partial charge < -0.3 is 25.1 Å². The molecule has 0 aromatic heterocycles. The summed E-state index contributed by atoms with van der Waals surface area (Å²) in [7, 11) is 1.48. The summed E-state index contributed by atoms with van der Waals surface area (Å²) in [5.41, 5.74) is 2.17. The molecule has 3 rings (SSSR count). The number of aromatic hydroxyl groups is 1. The molecule has 0 fully saturated rings. The number of phenols is 1. The molecule has 0 bridgehead atoms. The fraction of sp³-hybridized carbons (Fsp3) is 0.316. The van der Waals surface area contributed by atoms with E-state index in [0.717, 1.165) is 11.1 Å². The Balaban J connectivity index is 1.58. The first-order valence-corrected chi connectivity index (χ1v) is 8.42. The summed E-state index contributed by atoms with van der Waals surface area (Å²) in [6.45, 7) is 0.951. The van der Waals surface area contributed by atoms with Crippen molar-refractivity contribution in [2.75, 3.05) is 7.11 Å². The zero-order chi connectivity index (χ0) is 20.4. The zero-order valence-electron chi connectivity index (χ0n) is 15.0. The third-order valence-corrected chi connectivity index (χ3v) is 4.37. The number of ether oxygens (including phenoxy) is 1. The van der Waals surface area contributed by atoms with Crippen molar-refractivity contribution in [3.63, 3.8) is 0 Å². The molecule has 0 saturated heterocycles. The molecule has 2 aromatic rings. The van der Waals surface area contributed by atoms with Gasteiger partial charge in [0.1, 0.15) is 0 Å². The molecule has 9 heteroatoms. The minimum absolute atomic E-state index is 0.0313. The number of phenolic OH excluding ortho intramolecular Hbond substituents is 1. The van der Waals surface area contributed by atoms with Gasteiger partial charge in [-0.25, -0.2) is 0 Å². The topological polar surface area (TPSA) is 83.3 Å². The van der Waals surface area contributed by atoms with Crippen LogP contribution in [0.25, 0.3) is 0 Å². The second kappa shape index (κ2) is 7.69. The Hall–Kier alpha value is -2.78. The van der Waals surface area contributed by atoms with Crippen LogP contribution in [0.15, 0.2) is 47.6 Å². The van der Waals surface area contributed by atoms with Crippen molar-refractivity contribution >= 4 is 5.71 Å². The normalized spacial score (nSPS) is 19.2. The van der Waals surface area contributed by atoms with E-state index in [1.165, 1.54) is 13.2 Å². The van der Waals surface area contributed by atoms with E-state index in [0.29, 0.717) is 24.4 Å². The highest BCUT2D eigenvalue weighted by atomic mass is 19.4. The Morgan fingerprint density at radius 3 is 2.50 bits per heavy atom. The van der Waals surface area contributed by atoms with Crippen LogP contribution in [0.1, 0.15) is 23.1 Å². The van der Waals surface area contributed by atoms with Crippen molar-refractivity contribution in [3.05, 3.63) is 59.2 Å². The van der Waals surface area contributed by atoms with E-state index in [4.69, 9.17) is 4.74 Å². The lowest BCUT2D eigenvalue weighted by Crippen LogP contribution is -2.45. The van der Waals surface area contributed by atoms with Gasteiger partial charge in [0.05, 0.1) is 19.2 Å². The van der Waals surface area contributed by atoms with Gasteiger partial charge in [-0.1, -0.05) is 41.6 Å². The standard InChI is InChI=1S/C19H19F3N2O4/c1-27-17-14(3-2-4-16(17)25)11-23-10-12-5-7-13(8-6-12)15-9-18(26,28-24-15)19(20,21)22/h2-8,23,25-26H,9-11H2,1H3. The third-order valence-electron chi connectivity index (χ3n) is 4.37. The van der Waals surface area contributed by atoms with Crippen LogP contribution in [0, 0.1) is 0 Å². The number of alkyl halides is 3.